The molecule has 2 heterocycles. The van der Waals surface area contributed by atoms with Gasteiger partial charge in [0.05, 0.1) is 0 Å². The number of benzene rings is 1. The fraction of sp³-hybridized carbons (Fsp3) is 0.571. The van der Waals surface area contributed by atoms with Gasteiger partial charge in [-0.2, -0.15) is 8.78 Å². The van der Waals surface area contributed by atoms with Crippen LogP contribution in [0.4, 0.5) is 20.5 Å². The fourth-order valence-electron chi connectivity index (χ4n) is 3.71. The van der Waals surface area contributed by atoms with Gasteiger partial charge in [-0.25, -0.2) is 0 Å². The highest BCUT2D eigenvalue weighted by atomic mass is 35.5. The highest BCUT2D eigenvalue weighted by molar-refractivity contribution is 6.31. The van der Waals surface area contributed by atoms with Gasteiger partial charge in [-0.1, -0.05) is 23.6 Å². The molecule has 0 unspecified atom stereocenters. The summed E-state index contributed by atoms with van der Waals surface area (Å²) in [5, 5.41) is 11.5. The summed E-state index contributed by atoms with van der Waals surface area (Å²) in [6.07, 6.45) is -0.497. The average Bonchev–Trinajstić information content (AvgIpc) is 3.18. The van der Waals surface area contributed by atoms with E-state index < -0.39 is 18.3 Å². The number of methoxy groups -OCH3 is 1. The van der Waals surface area contributed by atoms with E-state index in [2.05, 4.69) is 20.4 Å². The Kier molecular flexibility index (Phi) is 7.68. The van der Waals surface area contributed by atoms with E-state index in [0.717, 1.165) is 16.8 Å². The van der Waals surface area contributed by atoms with E-state index in [1.165, 1.54) is 18.9 Å². The molecule has 1 N–H and O–H groups in total. The lowest BCUT2D eigenvalue weighted by Gasteiger charge is -2.41. The van der Waals surface area contributed by atoms with Crippen LogP contribution in [0.1, 0.15) is 37.3 Å². The van der Waals surface area contributed by atoms with Gasteiger partial charge in [-0.05, 0) is 37.1 Å². The fourth-order valence-corrected chi connectivity index (χ4v) is 3.95. The number of anilines is 2. The van der Waals surface area contributed by atoms with Gasteiger partial charge >= 0.3 is 11.9 Å². The number of amides is 1. The Morgan fingerprint density at radius 3 is 2.78 bits per heavy atom. The van der Waals surface area contributed by atoms with E-state index in [1.54, 1.807) is 13.0 Å². The van der Waals surface area contributed by atoms with Gasteiger partial charge in [0.2, 0.25) is 5.89 Å². The minimum Gasteiger partial charge on any atom is -0.405 e. The number of piperazine rings is 1. The van der Waals surface area contributed by atoms with Crippen LogP contribution >= 0.6 is 11.6 Å². The first kappa shape index (κ1) is 24.3. The van der Waals surface area contributed by atoms with Crippen molar-refractivity contribution in [3.63, 3.8) is 0 Å². The predicted octanol–water partition coefficient (Wildman–Crippen LogP) is 4.00. The van der Waals surface area contributed by atoms with E-state index in [4.69, 9.17) is 20.8 Å². The highest BCUT2D eigenvalue weighted by Crippen LogP contribution is 2.29. The third-order valence-corrected chi connectivity index (χ3v) is 5.80. The lowest BCUT2D eigenvalue weighted by molar-refractivity contribution is -0.162. The molecule has 32 heavy (non-hydrogen) atoms. The normalized spacial score (nSPS) is 17.6. The molecule has 176 valence electrons. The Hall–Kier alpha value is -2.30. The Morgan fingerprint density at radius 1 is 1.38 bits per heavy atom. The number of carbonyl (C=O) groups excluding carboxylic acids is 1. The summed E-state index contributed by atoms with van der Waals surface area (Å²) in [4.78, 5) is 15.6. The van der Waals surface area contributed by atoms with Gasteiger partial charge in [0.25, 0.3) is 5.91 Å². The van der Waals surface area contributed by atoms with Gasteiger partial charge in [0.1, 0.15) is 6.61 Å². The SMILES string of the molecule is CCC(F)(F)C(=O)N1CCN(Cc2cc(Cl)cc(Nc3nnc(COC)o3)c2C)C[C@@H]1C. The zero-order chi connectivity index (χ0) is 23.5. The number of nitrogens with one attached hydrogen (secondary N) is 1. The molecule has 1 amide bonds. The first-order valence-corrected chi connectivity index (χ1v) is 10.8. The molecule has 1 fully saturated rings. The molecule has 0 aliphatic carbocycles. The van der Waals surface area contributed by atoms with Crippen LogP contribution in [-0.2, 0) is 22.7 Å². The van der Waals surface area contributed by atoms with Crippen molar-refractivity contribution < 1.29 is 22.7 Å². The van der Waals surface area contributed by atoms with Crippen LogP contribution in [0.5, 0.6) is 0 Å². The minimum atomic E-state index is -3.32. The average molecular weight is 472 g/mol. The maximum absolute atomic E-state index is 13.9. The van der Waals surface area contributed by atoms with Crippen molar-refractivity contribution in [2.24, 2.45) is 0 Å². The number of alkyl halides is 2. The largest absolute Gasteiger partial charge is 0.405 e. The van der Waals surface area contributed by atoms with Crippen LogP contribution in [0.15, 0.2) is 16.5 Å². The molecule has 1 aliphatic rings. The molecule has 0 spiro atoms. The van der Waals surface area contributed by atoms with E-state index in [9.17, 15) is 13.6 Å². The smallest absolute Gasteiger partial charge is 0.324 e. The first-order valence-electron chi connectivity index (χ1n) is 10.4. The molecule has 0 bridgehead atoms. The summed E-state index contributed by atoms with van der Waals surface area (Å²) in [6.45, 7) is 7.08. The van der Waals surface area contributed by atoms with E-state index >= 15 is 0 Å². The third kappa shape index (κ3) is 5.54. The molecule has 1 atom stereocenters. The van der Waals surface area contributed by atoms with Crippen LogP contribution < -0.4 is 5.32 Å². The Bertz CT molecular complexity index is 956. The number of hydrogen-bond acceptors (Lipinski definition) is 7. The number of carbonyl (C=O) groups is 1. The van der Waals surface area contributed by atoms with Crippen molar-refractivity contribution in [2.45, 2.75) is 52.3 Å². The van der Waals surface area contributed by atoms with Crippen LogP contribution in [-0.4, -0.2) is 64.6 Å². The number of nitrogens with zero attached hydrogens (tertiary/aromatic N) is 4. The Balaban J connectivity index is 1.69. The summed E-state index contributed by atoms with van der Waals surface area (Å²) >= 11 is 6.34. The van der Waals surface area contributed by atoms with Crippen molar-refractivity contribution in [2.75, 3.05) is 32.1 Å². The molecular weight excluding hydrogens is 444 g/mol. The Morgan fingerprint density at radius 2 is 2.12 bits per heavy atom. The standard InChI is InChI=1S/C21H28ClF2N5O3/c1-5-21(23,24)19(30)29-7-6-28(10-13(29)2)11-15-8-16(22)9-17(14(15)3)25-20-27-26-18(32-20)12-31-4/h8-9,13H,5-7,10-12H2,1-4H3,(H,25,27)/t13-/m0/s1. The number of hydrogen-bond donors (Lipinski definition) is 1. The van der Waals surface area contributed by atoms with E-state index in [-0.39, 0.29) is 25.2 Å². The van der Waals surface area contributed by atoms with Gasteiger partial charge in [0, 0.05) is 56.5 Å². The lowest BCUT2D eigenvalue weighted by atomic mass is 10.0. The summed E-state index contributed by atoms with van der Waals surface area (Å²) in [7, 11) is 1.54. The van der Waals surface area contributed by atoms with E-state index in [0.29, 0.717) is 30.5 Å². The highest BCUT2D eigenvalue weighted by Gasteiger charge is 2.42. The number of ether oxygens (including phenoxy) is 1. The van der Waals surface area contributed by atoms with Gasteiger partial charge in [0.15, 0.2) is 0 Å². The Labute approximate surface area is 190 Å². The number of aromatic nitrogens is 2. The van der Waals surface area contributed by atoms with Crippen LogP contribution in [0.25, 0.3) is 0 Å². The van der Waals surface area contributed by atoms with Crippen LogP contribution in [0, 0.1) is 6.92 Å². The summed E-state index contributed by atoms with van der Waals surface area (Å²) in [5.41, 5.74) is 2.65. The maximum Gasteiger partial charge on any atom is 0.324 e. The third-order valence-electron chi connectivity index (χ3n) is 5.58. The van der Waals surface area contributed by atoms with Crippen molar-refractivity contribution in [3.8, 4) is 0 Å². The quantitative estimate of drug-likeness (QED) is 0.623. The maximum atomic E-state index is 13.9. The molecule has 0 saturated carbocycles. The van der Waals surface area contributed by atoms with Crippen molar-refractivity contribution in [3.05, 3.63) is 34.2 Å². The van der Waals surface area contributed by atoms with E-state index in [1.807, 2.05) is 13.0 Å². The zero-order valence-electron chi connectivity index (χ0n) is 18.6. The molecule has 1 aliphatic heterocycles. The van der Waals surface area contributed by atoms with Gasteiger partial charge < -0.3 is 19.4 Å². The molecule has 2 aromatic rings. The second-order valence-corrected chi connectivity index (χ2v) is 8.37. The molecule has 11 heteroatoms. The molecular formula is C21H28ClF2N5O3. The predicted molar refractivity (Wildman–Crippen MR) is 116 cm³/mol. The van der Waals surface area contributed by atoms with Crippen molar-refractivity contribution >= 4 is 29.2 Å². The van der Waals surface area contributed by atoms with Gasteiger partial charge in [-0.3, -0.25) is 9.69 Å². The summed E-state index contributed by atoms with van der Waals surface area (Å²) < 4.78 is 38.2. The summed E-state index contributed by atoms with van der Waals surface area (Å²) in [5.74, 6) is -4.06. The van der Waals surface area contributed by atoms with Crippen LogP contribution in [0.2, 0.25) is 5.02 Å². The second kappa shape index (κ2) is 10.1. The second-order valence-electron chi connectivity index (χ2n) is 7.94. The monoisotopic (exact) mass is 471 g/mol. The molecule has 0 radical (unpaired) electrons. The van der Waals surface area contributed by atoms with Crippen molar-refractivity contribution in [1.29, 1.82) is 0 Å². The minimum absolute atomic E-state index is 0.214. The van der Waals surface area contributed by atoms with Crippen LogP contribution in [0.3, 0.4) is 0 Å². The van der Waals surface area contributed by atoms with Crippen molar-refractivity contribution in [1.82, 2.24) is 20.0 Å². The number of rotatable bonds is 8. The zero-order valence-corrected chi connectivity index (χ0v) is 19.4. The molecule has 1 aromatic heterocycles. The number of halogens is 3. The molecule has 1 saturated heterocycles. The molecule has 3 rings (SSSR count). The lowest BCUT2D eigenvalue weighted by Crippen LogP contribution is -2.57. The topological polar surface area (TPSA) is 83.7 Å². The molecule has 8 nitrogen and oxygen atoms in total. The summed E-state index contributed by atoms with van der Waals surface area (Å²) in [6, 6.07) is 3.56. The molecule has 1 aromatic carbocycles. The van der Waals surface area contributed by atoms with Gasteiger partial charge in [-0.15, -0.1) is 5.10 Å². The first-order chi connectivity index (χ1) is 15.1.